The summed E-state index contributed by atoms with van der Waals surface area (Å²) in [6.07, 6.45) is 1.62. The number of hydrogen-bond acceptors (Lipinski definition) is 5. The first kappa shape index (κ1) is 16.5. The second kappa shape index (κ2) is 6.91. The van der Waals surface area contributed by atoms with Gasteiger partial charge in [0.25, 0.3) is 0 Å². The van der Waals surface area contributed by atoms with Crippen molar-refractivity contribution in [2.45, 2.75) is 19.8 Å². The number of aromatic amines is 1. The quantitative estimate of drug-likeness (QED) is 0.647. The summed E-state index contributed by atoms with van der Waals surface area (Å²) < 4.78 is 0.699. The van der Waals surface area contributed by atoms with E-state index in [9.17, 15) is 19.7 Å². The van der Waals surface area contributed by atoms with Gasteiger partial charge >= 0.3 is 16.9 Å². The molecule has 1 N–H and O–H groups in total. The number of nitrogens with one attached hydrogen (secondary N) is 1. The highest BCUT2D eigenvalue weighted by molar-refractivity contribution is 5.67. The van der Waals surface area contributed by atoms with Gasteiger partial charge in [-0.3, -0.25) is 24.5 Å². The van der Waals surface area contributed by atoms with E-state index in [1.807, 2.05) is 13.0 Å². The summed E-state index contributed by atoms with van der Waals surface area (Å²) in [7, 11) is 1.21. The number of rotatable bonds is 6. The minimum absolute atomic E-state index is 0.0808. The lowest BCUT2D eigenvalue weighted by atomic mass is 10.2. The molecule has 0 radical (unpaired) electrons. The van der Waals surface area contributed by atoms with E-state index in [0.717, 1.165) is 12.8 Å². The van der Waals surface area contributed by atoms with Crippen LogP contribution in [-0.2, 0) is 7.05 Å². The highest BCUT2D eigenvalue weighted by Crippen LogP contribution is 2.28. The third-order valence-electron chi connectivity index (χ3n) is 3.52. The van der Waals surface area contributed by atoms with E-state index in [-0.39, 0.29) is 5.82 Å². The molecule has 122 valence electrons. The topological polar surface area (TPSA) is 101 Å². The van der Waals surface area contributed by atoms with Crippen molar-refractivity contribution in [1.29, 1.82) is 0 Å². The summed E-state index contributed by atoms with van der Waals surface area (Å²) in [5.41, 5.74) is -1.57. The van der Waals surface area contributed by atoms with Gasteiger partial charge in [0.15, 0.2) is 0 Å². The van der Waals surface area contributed by atoms with Gasteiger partial charge in [-0.25, -0.2) is 4.79 Å². The standard InChI is InChI=1S/C15H18N4O4/c1-3-4-10-18(11-8-6-5-7-9-11)13-12(19(22)23)14(20)17(2)15(21)16-13/h5-9H,3-4,10H2,1-2H3,(H,16,21). The van der Waals surface area contributed by atoms with Crippen molar-refractivity contribution in [3.8, 4) is 0 Å². The van der Waals surface area contributed by atoms with Crippen LogP contribution in [0.15, 0.2) is 39.9 Å². The second-order valence-corrected chi connectivity index (χ2v) is 5.09. The van der Waals surface area contributed by atoms with Gasteiger partial charge in [-0.2, -0.15) is 0 Å². The van der Waals surface area contributed by atoms with Gasteiger partial charge in [0, 0.05) is 19.3 Å². The van der Waals surface area contributed by atoms with E-state index >= 15 is 0 Å². The number of nitrogens with zero attached hydrogens (tertiary/aromatic N) is 3. The van der Waals surface area contributed by atoms with Crippen LogP contribution in [0.25, 0.3) is 0 Å². The summed E-state index contributed by atoms with van der Waals surface area (Å²) in [5.74, 6) is -0.0808. The molecule has 0 aliphatic heterocycles. The van der Waals surface area contributed by atoms with E-state index in [4.69, 9.17) is 0 Å². The minimum atomic E-state index is -0.925. The minimum Gasteiger partial charge on any atom is -0.322 e. The molecule has 0 unspecified atom stereocenters. The summed E-state index contributed by atoms with van der Waals surface area (Å²) in [6.45, 7) is 2.44. The largest absolute Gasteiger partial charge is 0.374 e. The Morgan fingerprint density at radius 3 is 2.48 bits per heavy atom. The Morgan fingerprint density at radius 1 is 1.26 bits per heavy atom. The maximum Gasteiger partial charge on any atom is 0.374 e. The maximum atomic E-state index is 12.1. The number of anilines is 2. The Morgan fingerprint density at radius 2 is 1.91 bits per heavy atom. The lowest BCUT2D eigenvalue weighted by Crippen LogP contribution is -2.37. The van der Waals surface area contributed by atoms with Crippen LogP contribution in [0.1, 0.15) is 19.8 Å². The average Bonchev–Trinajstić information content (AvgIpc) is 2.53. The van der Waals surface area contributed by atoms with Gasteiger partial charge in [-0.15, -0.1) is 0 Å². The van der Waals surface area contributed by atoms with E-state index in [1.54, 1.807) is 29.2 Å². The van der Waals surface area contributed by atoms with Gasteiger partial charge in [-0.1, -0.05) is 31.5 Å². The van der Waals surface area contributed by atoms with Crippen molar-refractivity contribution in [2.24, 2.45) is 7.05 Å². The van der Waals surface area contributed by atoms with Crippen LogP contribution >= 0.6 is 0 Å². The molecular weight excluding hydrogens is 300 g/mol. The smallest absolute Gasteiger partial charge is 0.322 e. The average molecular weight is 318 g/mol. The zero-order valence-electron chi connectivity index (χ0n) is 13.0. The molecule has 0 aliphatic rings. The van der Waals surface area contributed by atoms with Crippen LogP contribution in [0.4, 0.5) is 17.2 Å². The highest BCUT2D eigenvalue weighted by atomic mass is 16.6. The van der Waals surface area contributed by atoms with Crippen LogP contribution in [-0.4, -0.2) is 21.0 Å². The van der Waals surface area contributed by atoms with Gasteiger partial charge in [0.2, 0.25) is 5.82 Å². The van der Waals surface area contributed by atoms with Crippen LogP contribution in [0.2, 0.25) is 0 Å². The molecule has 0 saturated heterocycles. The van der Waals surface area contributed by atoms with Crippen molar-refractivity contribution in [3.63, 3.8) is 0 Å². The molecule has 0 amide bonds. The van der Waals surface area contributed by atoms with Crippen LogP contribution in [0, 0.1) is 10.1 Å². The van der Waals surface area contributed by atoms with E-state index in [1.165, 1.54) is 7.05 Å². The number of benzene rings is 1. The van der Waals surface area contributed by atoms with Crippen molar-refractivity contribution < 1.29 is 4.92 Å². The molecule has 8 nitrogen and oxygen atoms in total. The lowest BCUT2D eigenvalue weighted by molar-refractivity contribution is -0.386. The molecule has 0 fully saturated rings. The third kappa shape index (κ3) is 3.31. The van der Waals surface area contributed by atoms with Gasteiger partial charge in [0.05, 0.1) is 4.92 Å². The fourth-order valence-corrected chi connectivity index (χ4v) is 2.25. The predicted octanol–water partition coefficient (Wildman–Crippen LogP) is 1.92. The molecular formula is C15H18N4O4. The highest BCUT2D eigenvalue weighted by Gasteiger charge is 2.27. The van der Waals surface area contributed by atoms with Gasteiger partial charge < -0.3 is 4.90 Å². The monoisotopic (exact) mass is 318 g/mol. The van der Waals surface area contributed by atoms with E-state index in [2.05, 4.69) is 4.98 Å². The van der Waals surface area contributed by atoms with Gasteiger partial charge in [-0.05, 0) is 18.6 Å². The molecule has 0 saturated carbocycles. The van der Waals surface area contributed by atoms with Crippen molar-refractivity contribution in [1.82, 2.24) is 9.55 Å². The van der Waals surface area contributed by atoms with Crippen LogP contribution in [0.3, 0.4) is 0 Å². The van der Waals surface area contributed by atoms with Crippen molar-refractivity contribution in [2.75, 3.05) is 11.4 Å². The van der Waals surface area contributed by atoms with Crippen LogP contribution in [0.5, 0.6) is 0 Å². The summed E-state index contributed by atoms with van der Waals surface area (Å²) in [4.78, 5) is 38.7. The number of unbranched alkanes of at least 4 members (excludes halogenated alkanes) is 1. The normalized spacial score (nSPS) is 10.5. The second-order valence-electron chi connectivity index (χ2n) is 5.09. The molecule has 2 rings (SSSR count). The van der Waals surface area contributed by atoms with Crippen molar-refractivity contribution in [3.05, 3.63) is 61.3 Å². The first-order valence-electron chi connectivity index (χ1n) is 7.27. The van der Waals surface area contributed by atoms with E-state index < -0.39 is 21.9 Å². The molecule has 2 aromatic rings. The fraction of sp³-hybridized carbons (Fsp3) is 0.333. The Labute approximate surface area is 132 Å². The zero-order valence-corrected chi connectivity index (χ0v) is 13.0. The van der Waals surface area contributed by atoms with E-state index in [0.29, 0.717) is 16.8 Å². The Kier molecular flexibility index (Phi) is 4.95. The summed E-state index contributed by atoms with van der Waals surface area (Å²) in [6, 6.07) is 8.95. The zero-order chi connectivity index (χ0) is 17.0. The molecule has 0 bridgehead atoms. The van der Waals surface area contributed by atoms with Crippen molar-refractivity contribution >= 4 is 17.2 Å². The molecule has 0 atom stereocenters. The summed E-state index contributed by atoms with van der Waals surface area (Å²) >= 11 is 0. The third-order valence-corrected chi connectivity index (χ3v) is 3.52. The predicted molar refractivity (Wildman–Crippen MR) is 87.3 cm³/mol. The Bertz CT molecular complexity index is 810. The fourth-order valence-electron chi connectivity index (χ4n) is 2.25. The molecule has 1 heterocycles. The molecule has 23 heavy (non-hydrogen) atoms. The number of para-hydroxylation sites is 1. The van der Waals surface area contributed by atoms with Crippen LogP contribution < -0.4 is 16.1 Å². The number of nitro groups is 1. The lowest BCUT2D eigenvalue weighted by Gasteiger charge is -2.23. The maximum absolute atomic E-state index is 12.1. The Balaban J connectivity index is 2.70. The molecule has 1 aromatic carbocycles. The number of hydrogen-bond donors (Lipinski definition) is 1. The number of H-pyrrole nitrogens is 1. The Hall–Kier alpha value is -2.90. The molecule has 0 spiro atoms. The molecule has 0 aliphatic carbocycles. The molecule has 8 heteroatoms. The van der Waals surface area contributed by atoms with Gasteiger partial charge in [0.1, 0.15) is 0 Å². The summed E-state index contributed by atoms with van der Waals surface area (Å²) in [5, 5.41) is 11.4. The molecule has 1 aromatic heterocycles. The first-order chi connectivity index (χ1) is 11.0. The number of aromatic nitrogens is 2. The first-order valence-corrected chi connectivity index (χ1v) is 7.27. The SMILES string of the molecule is CCCCN(c1ccccc1)c1[nH]c(=O)n(C)c(=O)c1[N+](=O)[O-].